The van der Waals surface area contributed by atoms with E-state index < -0.39 is 10.0 Å². The Morgan fingerprint density at radius 1 is 1.09 bits per heavy atom. The Labute approximate surface area is 133 Å². The van der Waals surface area contributed by atoms with Gasteiger partial charge < -0.3 is 4.74 Å². The Bertz CT molecular complexity index is 513. The molecule has 4 fully saturated rings. The molecule has 2 aliphatic heterocycles. The molecule has 2 saturated heterocycles. The standard InChI is InChI=1S/C16H28N2O3S/c19-22(20,15-5-6-15)17-13-7-10-21-16(11-13)8-9-18(12-16)14-3-1-2-4-14/h13-15,17H,1-12H2/t13-,16+/m0/s1. The van der Waals surface area contributed by atoms with Crippen LogP contribution in [-0.2, 0) is 14.8 Å². The van der Waals surface area contributed by atoms with Crippen LogP contribution in [0.25, 0.3) is 0 Å². The van der Waals surface area contributed by atoms with Crippen molar-refractivity contribution in [1.29, 1.82) is 0 Å². The van der Waals surface area contributed by atoms with Gasteiger partial charge in [0.05, 0.1) is 10.9 Å². The van der Waals surface area contributed by atoms with E-state index in [1.165, 1.54) is 25.7 Å². The summed E-state index contributed by atoms with van der Waals surface area (Å²) in [6.45, 7) is 2.81. The van der Waals surface area contributed by atoms with Crippen LogP contribution in [0.2, 0.25) is 0 Å². The van der Waals surface area contributed by atoms with Gasteiger partial charge in [-0.2, -0.15) is 0 Å². The lowest BCUT2D eigenvalue weighted by atomic mass is 9.90. The van der Waals surface area contributed by atoms with E-state index >= 15 is 0 Å². The van der Waals surface area contributed by atoms with Crippen molar-refractivity contribution in [2.45, 2.75) is 80.7 Å². The van der Waals surface area contributed by atoms with Crippen LogP contribution in [-0.4, -0.2) is 55.9 Å². The molecule has 2 heterocycles. The SMILES string of the molecule is O=S(=O)(N[C@H]1CCO[C@]2(CCN(C3CCCC3)C2)C1)C1CC1. The summed E-state index contributed by atoms with van der Waals surface area (Å²) in [7, 11) is -3.08. The number of ether oxygens (including phenoxy) is 1. The van der Waals surface area contributed by atoms with Crippen LogP contribution in [0.3, 0.4) is 0 Å². The van der Waals surface area contributed by atoms with Crippen LogP contribution < -0.4 is 4.72 Å². The fourth-order valence-electron chi connectivity index (χ4n) is 4.58. The maximum Gasteiger partial charge on any atom is 0.214 e. The van der Waals surface area contributed by atoms with E-state index in [1.54, 1.807) is 0 Å². The summed E-state index contributed by atoms with van der Waals surface area (Å²) >= 11 is 0. The van der Waals surface area contributed by atoms with Gasteiger partial charge in [-0.1, -0.05) is 12.8 Å². The third-order valence-corrected chi connectivity index (χ3v) is 7.99. The number of hydrogen-bond donors (Lipinski definition) is 1. The van der Waals surface area contributed by atoms with E-state index in [2.05, 4.69) is 9.62 Å². The average Bonchev–Trinajstić information content (AvgIpc) is 3.07. The molecule has 0 amide bonds. The number of hydrogen-bond acceptors (Lipinski definition) is 4. The molecule has 1 spiro atoms. The Morgan fingerprint density at radius 3 is 2.59 bits per heavy atom. The van der Waals surface area contributed by atoms with Crippen molar-refractivity contribution in [3.05, 3.63) is 0 Å². The van der Waals surface area contributed by atoms with Crippen LogP contribution in [0, 0.1) is 0 Å². The van der Waals surface area contributed by atoms with Gasteiger partial charge in [-0.15, -0.1) is 0 Å². The number of nitrogens with one attached hydrogen (secondary N) is 1. The highest BCUT2D eigenvalue weighted by atomic mass is 32.2. The van der Waals surface area contributed by atoms with E-state index in [9.17, 15) is 8.42 Å². The zero-order valence-electron chi connectivity index (χ0n) is 13.3. The summed E-state index contributed by atoms with van der Waals surface area (Å²) in [5.74, 6) is 0. The minimum absolute atomic E-state index is 0.0721. The highest BCUT2D eigenvalue weighted by Gasteiger charge is 2.46. The lowest BCUT2D eigenvalue weighted by Crippen LogP contribution is -2.50. The second kappa shape index (κ2) is 5.72. The van der Waals surface area contributed by atoms with Crippen molar-refractivity contribution in [3.8, 4) is 0 Å². The van der Waals surface area contributed by atoms with E-state index in [1.807, 2.05) is 0 Å². The van der Waals surface area contributed by atoms with Gasteiger partial charge in [0.2, 0.25) is 10.0 Å². The molecule has 22 heavy (non-hydrogen) atoms. The highest BCUT2D eigenvalue weighted by molar-refractivity contribution is 7.90. The Hall–Kier alpha value is -0.170. The monoisotopic (exact) mass is 328 g/mol. The molecular formula is C16H28N2O3S. The molecule has 6 heteroatoms. The number of nitrogens with zero attached hydrogens (tertiary/aromatic N) is 1. The fourth-order valence-corrected chi connectivity index (χ4v) is 6.19. The molecule has 0 radical (unpaired) electrons. The van der Waals surface area contributed by atoms with Gasteiger partial charge in [-0.3, -0.25) is 4.90 Å². The molecule has 0 aromatic heterocycles. The summed E-state index contributed by atoms with van der Waals surface area (Å²) < 4.78 is 33.5. The maximum atomic E-state index is 12.2. The first-order valence-electron chi connectivity index (χ1n) is 8.96. The lowest BCUT2D eigenvalue weighted by Gasteiger charge is -2.39. The molecule has 2 aliphatic carbocycles. The first-order valence-corrected chi connectivity index (χ1v) is 10.5. The van der Waals surface area contributed by atoms with E-state index in [0.717, 1.165) is 51.2 Å². The van der Waals surface area contributed by atoms with Gasteiger partial charge in [0.15, 0.2) is 0 Å². The minimum Gasteiger partial charge on any atom is -0.373 e. The predicted molar refractivity (Wildman–Crippen MR) is 85.2 cm³/mol. The van der Waals surface area contributed by atoms with Crippen molar-refractivity contribution in [2.75, 3.05) is 19.7 Å². The second-order valence-electron chi connectivity index (χ2n) is 7.74. The quantitative estimate of drug-likeness (QED) is 0.852. The van der Waals surface area contributed by atoms with Crippen LogP contribution in [0.5, 0.6) is 0 Å². The molecule has 126 valence electrons. The lowest BCUT2D eigenvalue weighted by molar-refractivity contribution is -0.0792. The zero-order chi connectivity index (χ0) is 15.2. The third-order valence-electron chi connectivity index (χ3n) is 5.97. The third kappa shape index (κ3) is 3.07. The van der Waals surface area contributed by atoms with Crippen molar-refractivity contribution in [3.63, 3.8) is 0 Å². The summed E-state index contributed by atoms with van der Waals surface area (Å²) in [5, 5.41) is -0.120. The number of likely N-dealkylation sites (tertiary alicyclic amines) is 1. The topological polar surface area (TPSA) is 58.6 Å². The van der Waals surface area contributed by atoms with E-state index in [4.69, 9.17) is 4.74 Å². The molecule has 0 bridgehead atoms. The van der Waals surface area contributed by atoms with Crippen LogP contribution in [0.4, 0.5) is 0 Å². The van der Waals surface area contributed by atoms with E-state index in [-0.39, 0.29) is 16.9 Å². The van der Waals surface area contributed by atoms with Gasteiger partial charge >= 0.3 is 0 Å². The van der Waals surface area contributed by atoms with Crippen molar-refractivity contribution in [2.24, 2.45) is 0 Å². The van der Waals surface area contributed by atoms with Crippen molar-refractivity contribution in [1.82, 2.24) is 9.62 Å². The first kappa shape index (κ1) is 15.4. The largest absolute Gasteiger partial charge is 0.373 e. The van der Waals surface area contributed by atoms with Crippen molar-refractivity contribution < 1.29 is 13.2 Å². The molecule has 0 aromatic carbocycles. The van der Waals surface area contributed by atoms with Crippen molar-refractivity contribution >= 4 is 10.0 Å². The van der Waals surface area contributed by atoms with Crippen LogP contribution in [0.1, 0.15) is 57.8 Å². The van der Waals surface area contributed by atoms with Gasteiger partial charge in [-0.25, -0.2) is 13.1 Å². The Balaban J connectivity index is 1.38. The smallest absolute Gasteiger partial charge is 0.214 e. The Morgan fingerprint density at radius 2 is 1.86 bits per heavy atom. The second-order valence-corrected chi connectivity index (χ2v) is 9.73. The van der Waals surface area contributed by atoms with E-state index in [0.29, 0.717) is 6.61 Å². The fraction of sp³-hybridized carbons (Fsp3) is 1.00. The predicted octanol–water partition coefficient (Wildman–Crippen LogP) is 1.63. The number of sulfonamides is 1. The highest BCUT2D eigenvalue weighted by Crippen LogP contribution is 2.38. The van der Waals surface area contributed by atoms with Gasteiger partial charge in [0.25, 0.3) is 0 Å². The summed E-state index contributed by atoms with van der Waals surface area (Å²) in [5.41, 5.74) is -0.0996. The molecule has 0 unspecified atom stereocenters. The summed E-state index contributed by atoms with van der Waals surface area (Å²) in [6.07, 6.45) is 9.77. The van der Waals surface area contributed by atoms with Gasteiger partial charge in [0.1, 0.15) is 0 Å². The molecule has 4 aliphatic rings. The molecule has 2 atom stereocenters. The maximum absolute atomic E-state index is 12.2. The molecule has 2 saturated carbocycles. The van der Waals surface area contributed by atoms with Gasteiger partial charge in [-0.05, 0) is 44.9 Å². The minimum atomic E-state index is -3.08. The van der Waals surface area contributed by atoms with Crippen LogP contribution >= 0.6 is 0 Å². The Kier molecular flexibility index (Phi) is 4.00. The summed E-state index contributed by atoms with van der Waals surface area (Å²) in [6, 6.07) is 0.814. The first-order chi connectivity index (χ1) is 10.6. The number of rotatable bonds is 4. The van der Waals surface area contributed by atoms with Gasteiger partial charge in [0, 0.05) is 31.8 Å². The van der Waals surface area contributed by atoms with Crippen LogP contribution in [0.15, 0.2) is 0 Å². The molecular weight excluding hydrogens is 300 g/mol. The molecule has 4 rings (SSSR count). The molecule has 1 N–H and O–H groups in total. The average molecular weight is 328 g/mol. The zero-order valence-corrected chi connectivity index (χ0v) is 14.1. The molecule has 5 nitrogen and oxygen atoms in total. The summed E-state index contributed by atoms with van der Waals surface area (Å²) in [4.78, 5) is 2.60. The molecule has 0 aromatic rings. The normalized spacial score (nSPS) is 38.1.